The van der Waals surface area contributed by atoms with Gasteiger partial charge in [0.1, 0.15) is 5.75 Å². The Morgan fingerprint density at radius 2 is 1.65 bits per heavy atom. The van der Waals surface area contributed by atoms with E-state index < -0.39 is 0 Å². The van der Waals surface area contributed by atoms with E-state index in [1.165, 1.54) is 33.1 Å². The van der Waals surface area contributed by atoms with Crippen LogP contribution in [-0.4, -0.2) is 30.9 Å². The van der Waals surface area contributed by atoms with Crippen molar-refractivity contribution in [2.45, 2.75) is 105 Å². The molecule has 0 aliphatic rings. The molecular weight excluding hydrogens is 437 g/mol. The van der Waals surface area contributed by atoms with E-state index in [9.17, 15) is 0 Å². The maximum atomic E-state index is 6.23. The van der Waals surface area contributed by atoms with E-state index in [0.717, 1.165) is 31.6 Å². The van der Waals surface area contributed by atoms with Gasteiger partial charge in [-0.15, -0.1) is 0 Å². The fourth-order valence-corrected chi connectivity index (χ4v) is 7.16. The number of hydrogen-bond acceptors (Lipinski definition) is 3. The van der Waals surface area contributed by atoms with Gasteiger partial charge in [-0.1, -0.05) is 64.7 Å². The van der Waals surface area contributed by atoms with Crippen LogP contribution in [0.1, 0.15) is 88.6 Å². The summed E-state index contributed by atoms with van der Waals surface area (Å²) in [5.41, 5.74) is 6.72. The monoisotopic (exact) mass is 485 g/mol. The zero-order valence-corrected chi connectivity index (χ0v) is 24.3. The predicted octanol–water partition coefficient (Wildman–Crippen LogP) is 7.62. The first kappa shape index (κ1) is 28.8. The van der Waals surface area contributed by atoms with E-state index in [1.807, 2.05) is 0 Å². The molecule has 0 saturated carbocycles. The minimum absolute atomic E-state index is 0.0377. The van der Waals surface area contributed by atoms with Crippen molar-refractivity contribution in [3.05, 3.63) is 58.1 Å². The number of aryl methyl sites for hydroxylation is 3. The summed E-state index contributed by atoms with van der Waals surface area (Å²) >= 11 is 0. The molecule has 34 heavy (non-hydrogen) atoms. The van der Waals surface area contributed by atoms with Crippen LogP contribution in [0.3, 0.4) is 0 Å². The summed E-state index contributed by atoms with van der Waals surface area (Å²) in [6, 6.07) is 12.5. The molecule has 0 aliphatic heterocycles. The highest BCUT2D eigenvalue weighted by molar-refractivity contribution is 7.48. The normalized spacial score (nSPS) is 14.0. The van der Waals surface area contributed by atoms with Gasteiger partial charge in [-0.3, -0.25) is 4.90 Å². The Bertz CT molecular complexity index is 916. The molecule has 4 heteroatoms. The molecule has 190 valence electrons. The van der Waals surface area contributed by atoms with Crippen LogP contribution in [0.15, 0.2) is 30.3 Å². The summed E-state index contributed by atoms with van der Waals surface area (Å²) in [4.78, 5) is 2.60. The third-order valence-corrected chi connectivity index (χ3v) is 9.26. The summed E-state index contributed by atoms with van der Waals surface area (Å²) in [5.74, 6) is 1.01. The molecule has 0 saturated heterocycles. The minimum atomic E-state index is 0.0377. The van der Waals surface area contributed by atoms with Crippen LogP contribution in [0.25, 0.3) is 0 Å². The van der Waals surface area contributed by atoms with Crippen LogP contribution >= 0.6 is 8.58 Å². The van der Waals surface area contributed by atoms with E-state index in [0.29, 0.717) is 20.7 Å². The molecule has 0 radical (unpaired) electrons. The van der Waals surface area contributed by atoms with Gasteiger partial charge in [-0.05, 0) is 83.3 Å². The quantitative estimate of drug-likeness (QED) is 0.215. The molecule has 0 aliphatic carbocycles. The number of ether oxygens (including phenoxy) is 2. The SMILES string of the molecule is CCCC(CC)(Pc1c(C)cccc1CN(C(C)C)C(C)C)c1cc(C)cc(C)c1OCOC. The number of hydrogen-bond donors (Lipinski definition) is 0. The Kier molecular flexibility index (Phi) is 11.1. The Labute approximate surface area is 211 Å². The second-order valence-corrected chi connectivity index (χ2v) is 12.0. The largest absolute Gasteiger partial charge is 0.467 e. The molecule has 2 rings (SSSR count). The van der Waals surface area contributed by atoms with E-state index in [4.69, 9.17) is 9.47 Å². The smallest absolute Gasteiger partial charge is 0.188 e. The Hall–Kier alpha value is -1.41. The van der Waals surface area contributed by atoms with E-state index >= 15 is 0 Å². The highest BCUT2D eigenvalue weighted by Crippen LogP contribution is 2.52. The zero-order chi connectivity index (χ0) is 25.5. The maximum Gasteiger partial charge on any atom is 0.188 e. The van der Waals surface area contributed by atoms with Crippen LogP contribution in [-0.2, 0) is 16.4 Å². The first-order chi connectivity index (χ1) is 16.1. The highest BCUT2D eigenvalue weighted by atomic mass is 31.1. The second-order valence-electron chi connectivity index (χ2n) is 10.3. The maximum absolute atomic E-state index is 6.23. The van der Waals surface area contributed by atoms with E-state index in [-0.39, 0.29) is 11.9 Å². The molecule has 0 spiro atoms. The van der Waals surface area contributed by atoms with Crippen LogP contribution in [0.5, 0.6) is 5.75 Å². The average Bonchev–Trinajstić information content (AvgIpc) is 2.77. The summed E-state index contributed by atoms with van der Waals surface area (Å²) in [5, 5.41) is 1.57. The molecule has 0 amide bonds. The molecule has 0 fully saturated rings. The van der Waals surface area contributed by atoms with Crippen molar-refractivity contribution in [2.75, 3.05) is 13.9 Å². The van der Waals surface area contributed by atoms with Crippen LogP contribution in [0, 0.1) is 20.8 Å². The molecule has 0 aromatic heterocycles. The molecule has 2 atom stereocenters. The van der Waals surface area contributed by atoms with Crippen molar-refractivity contribution in [1.82, 2.24) is 4.90 Å². The molecule has 2 aromatic carbocycles. The standard InChI is InChI=1S/C30H48NO2P/c1-11-16-30(12-2,27-18-23(7)17-25(9)28(27)33-20-32-10)34-29-24(8)14-13-15-26(29)19-31(21(3)4)22(5)6/h13-15,17-18,21-22,34H,11-12,16,19-20H2,1-10H3. The van der Waals surface area contributed by atoms with Crippen molar-refractivity contribution in [3.63, 3.8) is 0 Å². The summed E-state index contributed by atoms with van der Waals surface area (Å²) in [6.07, 6.45) is 3.36. The lowest BCUT2D eigenvalue weighted by molar-refractivity contribution is 0.0494. The van der Waals surface area contributed by atoms with Crippen LogP contribution in [0.4, 0.5) is 0 Å². The lowest BCUT2D eigenvalue weighted by Crippen LogP contribution is -2.38. The minimum Gasteiger partial charge on any atom is -0.467 e. The van der Waals surface area contributed by atoms with E-state index in [1.54, 1.807) is 7.11 Å². The van der Waals surface area contributed by atoms with Crippen molar-refractivity contribution in [1.29, 1.82) is 0 Å². The number of nitrogens with zero attached hydrogens (tertiary/aromatic N) is 1. The Balaban J connectivity index is 2.66. The predicted molar refractivity (Wildman–Crippen MR) is 150 cm³/mol. The molecule has 2 unspecified atom stereocenters. The van der Waals surface area contributed by atoms with Crippen molar-refractivity contribution in [2.24, 2.45) is 0 Å². The summed E-state index contributed by atoms with van der Waals surface area (Å²) in [6.45, 7) is 21.8. The summed E-state index contributed by atoms with van der Waals surface area (Å²) in [7, 11) is 2.37. The fourth-order valence-electron chi connectivity index (χ4n) is 5.20. The van der Waals surface area contributed by atoms with Crippen LogP contribution < -0.4 is 10.0 Å². The first-order valence-corrected chi connectivity index (χ1v) is 14.0. The average molecular weight is 486 g/mol. The molecule has 0 heterocycles. The van der Waals surface area contributed by atoms with Gasteiger partial charge >= 0.3 is 0 Å². The molecule has 3 nitrogen and oxygen atoms in total. The van der Waals surface area contributed by atoms with Crippen LogP contribution in [0.2, 0.25) is 0 Å². The third-order valence-electron chi connectivity index (χ3n) is 6.94. The molecule has 0 N–H and O–H groups in total. The van der Waals surface area contributed by atoms with Crippen molar-refractivity contribution >= 4 is 13.9 Å². The van der Waals surface area contributed by atoms with Gasteiger partial charge in [0.25, 0.3) is 0 Å². The van der Waals surface area contributed by atoms with Gasteiger partial charge in [0.05, 0.1) is 0 Å². The lowest BCUT2D eigenvalue weighted by Gasteiger charge is -2.38. The second kappa shape index (κ2) is 13.1. The van der Waals surface area contributed by atoms with Crippen molar-refractivity contribution in [3.8, 4) is 5.75 Å². The van der Waals surface area contributed by atoms with Gasteiger partial charge in [0, 0.05) is 36.5 Å². The van der Waals surface area contributed by atoms with E-state index in [2.05, 4.69) is 97.5 Å². The lowest BCUT2D eigenvalue weighted by atomic mass is 9.87. The molecule has 2 aromatic rings. The number of rotatable bonds is 13. The molecule has 0 bridgehead atoms. The third kappa shape index (κ3) is 6.84. The Morgan fingerprint density at radius 1 is 0.971 bits per heavy atom. The van der Waals surface area contributed by atoms with Gasteiger partial charge in [0.2, 0.25) is 0 Å². The number of benzene rings is 2. The Morgan fingerprint density at radius 3 is 2.21 bits per heavy atom. The fraction of sp³-hybridized carbons (Fsp3) is 0.600. The zero-order valence-electron chi connectivity index (χ0n) is 23.3. The summed E-state index contributed by atoms with van der Waals surface area (Å²) < 4.78 is 11.5. The highest BCUT2D eigenvalue weighted by Gasteiger charge is 2.35. The van der Waals surface area contributed by atoms with Crippen molar-refractivity contribution < 1.29 is 9.47 Å². The first-order valence-electron chi connectivity index (χ1n) is 13.0. The van der Waals surface area contributed by atoms with Gasteiger partial charge in [0.15, 0.2) is 6.79 Å². The van der Waals surface area contributed by atoms with Gasteiger partial charge < -0.3 is 9.47 Å². The number of methoxy groups -OCH3 is 1. The molecular formula is C30H48NO2P. The van der Waals surface area contributed by atoms with Gasteiger partial charge in [-0.2, -0.15) is 0 Å². The van der Waals surface area contributed by atoms with Gasteiger partial charge in [-0.25, -0.2) is 0 Å². The topological polar surface area (TPSA) is 21.7 Å².